The van der Waals surface area contributed by atoms with Crippen molar-refractivity contribution in [1.29, 1.82) is 0 Å². The van der Waals surface area contributed by atoms with Gasteiger partial charge in [0.1, 0.15) is 5.82 Å². The van der Waals surface area contributed by atoms with Gasteiger partial charge in [-0.2, -0.15) is 11.8 Å². The SMILES string of the molecule is NCc1cccc(CN2CCSCC2)c1F. The first kappa shape index (κ1) is 11.9. The average molecular weight is 240 g/mol. The van der Waals surface area contributed by atoms with Crippen molar-refractivity contribution in [2.75, 3.05) is 24.6 Å². The van der Waals surface area contributed by atoms with Crippen molar-refractivity contribution < 1.29 is 4.39 Å². The molecular formula is C12H17FN2S. The standard InChI is InChI=1S/C12H17FN2S/c13-12-10(8-14)2-1-3-11(12)9-15-4-6-16-7-5-15/h1-3H,4-9,14H2. The van der Waals surface area contributed by atoms with Gasteiger partial charge in [0.15, 0.2) is 0 Å². The normalized spacial score (nSPS) is 17.6. The summed E-state index contributed by atoms with van der Waals surface area (Å²) in [5.74, 6) is 2.18. The molecule has 2 rings (SSSR count). The van der Waals surface area contributed by atoms with Gasteiger partial charge in [0.2, 0.25) is 0 Å². The molecule has 0 aliphatic carbocycles. The van der Waals surface area contributed by atoms with Gasteiger partial charge in [0, 0.05) is 48.8 Å². The van der Waals surface area contributed by atoms with Crippen LogP contribution in [0.2, 0.25) is 0 Å². The van der Waals surface area contributed by atoms with E-state index >= 15 is 0 Å². The van der Waals surface area contributed by atoms with E-state index in [0.29, 0.717) is 12.1 Å². The lowest BCUT2D eigenvalue weighted by Crippen LogP contribution is -2.32. The van der Waals surface area contributed by atoms with Gasteiger partial charge in [-0.25, -0.2) is 4.39 Å². The molecule has 0 bridgehead atoms. The minimum Gasteiger partial charge on any atom is -0.326 e. The van der Waals surface area contributed by atoms with Crippen molar-refractivity contribution in [3.63, 3.8) is 0 Å². The number of nitrogens with two attached hydrogens (primary N) is 1. The Morgan fingerprint density at radius 1 is 1.25 bits per heavy atom. The quantitative estimate of drug-likeness (QED) is 0.874. The summed E-state index contributed by atoms with van der Waals surface area (Å²) in [6, 6.07) is 5.50. The maximum Gasteiger partial charge on any atom is 0.132 e. The Morgan fingerprint density at radius 3 is 2.62 bits per heavy atom. The predicted octanol–water partition coefficient (Wildman–Crippen LogP) is 1.83. The van der Waals surface area contributed by atoms with E-state index in [2.05, 4.69) is 4.90 Å². The third-order valence-electron chi connectivity index (χ3n) is 2.88. The number of halogens is 1. The molecule has 1 aromatic rings. The molecular weight excluding hydrogens is 223 g/mol. The van der Waals surface area contributed by atoms with Crippen LogP contribution >= 0.6 is 11.8 Å². The zero-order chi connectivity index (χ0) is 11.4. The molecule has 4 heteroatoms. The third-order valence-corrected chi connectivity index (χ3v) is 3.82. The van der Waals surface area contributed by atoms with E-state index < -0.39 is 0 Å². The maximum absolute atomic E-state index is 13.9. The zero-order valence-corrected chi connectivity index (χ0v) is 10.1. The summed E-state index contributed by atoms with van der Waals surface area (Å²) in [5, 5.41) is 0. The number of nitrogens with zero attached hydrogens (tertiary/aromatic N) is 1. The molecule has 2 N–H and O–H groups in total. The van der Waals surface area contributed by atoms with Crippen LogP contribution in [0.25, 0.3) is 0 Å². The molecule has 1 aliphatic heterocycles. The first-order valence-corrected chi connectivity index (χ1v) is 6.73. The first-order valence-electron chi connectivity index (χ1n) is 5.57. The van der Waals surface area contributed by atoms with Crippen LogP contribution in [-0.2, 0) is 13.1 Å². The van der Waals surface area contributed by atoms with E-state index in [-0.39, 0.29) is 12.4 Å². The maximum atomic E-state index is 13.9. The molecule has 88 valence electrons. The van der Waals surface area contributed by atoms with Crippen LogP contribution in [0.4, 0.5) is 4.39 Å². The van der Waals surface area contributed by atoms with Crippen molar-refractivity contribution in [3.8, 4) is 0 Å². The molecule has 1 fully saturated rings. The van der Waals surface area contributed by atoms with Crippen molar-refractivity contribution in [3.05, 3.63) is 35.1 Å². The van der Waals surface area contributed by atoms with Crippen molar-refractivity contribution >= 4 is 11.8 Å². The van der Waals surface area contributed by atoms with Gasteiger partial charge in [0.05, 0.1) is 0 Å². The summed E-state index contributed by atoms with van der Waals surface area (Å²) in [4.78, 5) is 2.30. The second-order valence-corrected chi connectivity index (χ2v) is 5.21. The highest BCUT2D eigenvalue weighted by Crippen LogP contribution is 2.17. The highest BCUT2D eigenvalue weighted by atomic mass is 32.2. The molecule has 0 aromatic heterocycles. The monoisotopic (exact) mass is 240 g/mol. The van der Waals surface area contributed by atoms with Gasteiger partial charge >= 0.3 is 0 Å². The van der Waals surface area contributed by atoms with E-state index in [1.165, 1.54) is 0 Å². The van der Waals surface area contributed by atoms with Crippen molar-refractivity contribution in [2.45, 2.75) is 13.1 Å². The summed E-state index contributed by atoms with van der Waals surface area (Å²) < 4.78 is 13.9. The van der Waals surface area contributed by atoms with E-state index in [1.807, 2.05) is 23.9 Å². The lowest BCUT2D eigenvalue weighted by Gasteiger charge is -2.26. The molecule has 0 amide bonds. The Kier molecular flexibility index (Phi) is 4.21. The number of hydrogen-bond acceptors (Lipinski definition) is 3. The minimum absolute atomic E-state index is 0.122. The van der Waals surface area contributed by atoms with Gasteiger partial charge < -0.3 is 5.73 Å². The highest BCUT2D eigenvalue weighted by Gasteiger charge is 2.14. The molecule has 0 saturated carbocycles. The van der Waals surface area contributed by atoms with Crippen LogP contribution in [-0.4, -0.2) is 29.5 Å². The zero-order valence-electron chi connectivity index (χ0n) is 9.29. The number of rotatable bonds is 3. The Hall–Kier alpha value is -0.580. The third kappa shape index (κ3) is 2.75. The topological polar surface area (TPSA) is 29.3 Å². The molecule has 1 saturated heterocycles. The van der Waals surface area contributed by atoms with Gasteiger partial charge in [-0.3, -0.25) is 4.90 Å². The average Bonchev–Trinajstić information content (AvgIpc) is 2.33. The van der Waals surface area contributed by atoms with Crippen LogP contribution in [0.3, 0.4) is 0 Å². The fourth-order valence-corrected chi connectivity index (χ4v) is 2.89. The molecule has 1 aliphatic rings. The Bertz CT molecular complexity index is 351. The van der Waals surface area contributed by atoms with Crippen LogP contribution in [0.15, 0.2) is 18.2 Å². The summed E-state index contributed by atoms with van der Waals surface area (Å²) in [6.07, 6.45) is 0. The number of benzene rings is 1. The highest BCUT2D eigenvalue weighted by molar-refractivity contribution is 7.99. The fourth-order valence-electron chi connectivity index (χ4n) is 1.91. The molecule has 0 radical (unpaired) electrons. The van der Waals surface area contributed by atoms with Crippen molar-refractivity contribution in [1.82, 2.24) is 4.90 Å². The first-order chi connectivity index (χ1) is 7.81. The van der Waals surface area contributed by atoms with Crippen LogP contribution in [0.5, 0.6) is 0 Å². The number of thioether (sulfide) groups is 1. The molecule has 0 atom stereocenters. The van der Waals surface area contributed by atoms with E-state index in [1.54, 1.807) is 6.07 Å². The summed E-state index contributed by atoms with van der Waals surface area (Å²) in [6.45, 7) is 3.09. The fraction of sp³-hybridized carbons (Fsp3) is 0.500. The van der Waals surface area contributed by atoms with Crippen LogP contribution in [0, 0.1) is 5.82 Å². The summed E-state index contributed by atoms with van der Waals surface area (Å²) in [5.41, 5.74) is 6.88. The number of hydrogen-bond donors (Lipinski definition) is 1. The second kappa shape index (κ2) is 5.66. The molecule has 0 unspecified atom stereocenters. The van der Waals surface area contributed by atoms with Gasteiger partial charge in [-0.05, 0) is 0 Å². The van der Waals surface area contributed by atoms with Crippen molar-refractivity contribution in [2.24, 2.45) is 5.73 Å². The second-order valence-electron chi connectivity index (χ2n) is 3.98. The molecule has 0 spiro atoms. The minimum atomic E-state index is -0.122. The smallest absolute Gasteiger partial charge is 0.132 e. The molecule has 16 heavy (non-hydrogen) atoms. The van der Waals surface area contributed by atoms with E-state index in [9.17, 15) is 4.39 Å². The van der Waals surface area contributed by atoms with E-state index in [0.717, 1.165) is 30.2 Å². The van der Waals surface area contributed by atoms with Gasteiger partial charge in [0.25, 0.3) is 0 Å². The molecule has 2 nitrogen and oxygen atoms in total. The largest absolute Gasteiger partial charge is 0.326 e. The van der Waals surface area contributed by atoms with Crippen LogP contribution < -0.4 is 5.73 Å². The lowest BCUT2D eigenvalue weighted by atomic mass is 10.1. The summed E-state index contributed by atoms with van der Waals surface area (Å²) in [7, 11) is 0. The molecule has 1 aromatic carbocycles. The van der Waals surface area contributed by atoms with Crippen LogP contribution in [0.1, 0.15) is 11.1 Å². The predicted molar refractivity (Wildman–Crippen MR) is 66.9 cm³/mol. The van der Waals surface area contributed by atoms with Gasteiger partial charge in [-0.1, -0.05) is 18.2 Å². The van der Waals surface area contributed by atoms with E-state index in [4.69, 9.17) is 5.73 Å². The Morgan fingerprint density at radius 2 is 1.94 bits per heavy atom. The summed E-state index contributed by atoms with van der Waals surface area (Å²) >= 11 is 1.97. The Labute approximate surface area is 100 Å². The van der Waals surface area contributed by atoms with Gasteiger partial charge in [-0.15, -0.1) is 0 Å². The Balaban J connectivity index is 2.08. The molecule has 1 heterocycles. The lowest BCUT2D eigenvalue weighted by molar-refractivity contribution is 0.289.